The second-order valence-corrected chi connectivity index (χ2v) is 12.2. The van der Waals surface area contributed by atoms with Gasteiger partial charge in [0.2, 0.25) is 5.91 Å². The number of rotatable bonds is 14. The minimum Gasteiger partial charge on any atom is -0.478 e. The van der Waals surface area contributed by atoms with Crippen molar-refractivity contribution in [2.45, 2.75) is 59.5 Å². The van der Waals surface area contributed by atoms with Crippen LogP contribution in [0, 0.1) is 11.7 Å². The molecular formula is C36H38FN3O4S. The number of ether oxygens (including phenoxy) is 1. The summed E-state index contributed by atoms with van der Waals surface area (Å²) in [5, 5.41) is 17.4. The molecule has 9 heteroatoms. The van der Waals surface area contributed by atoms with Gasteiger partial charge in [-0.25, -0.2) is 9.18 Å². The van der Waals surface area contributed by atoms with Crippen LogP contribution in [0.3, 0.4) is 0 Å². The summed E-state index contributed by atoms with van der Waals surface area (Å²) in [5.74, 6) is -1.23. The SMILES string of the molecule is CCOc1nc(CC)c(CNC(=O)CCC(C)Cc2scc3ccccc23)n1Cc1ccc(-c2ccccc2C(=O)O)cc1F. The van der Waals surface area contributed by atoms with Crippen molar-refractivity contribution in [3.05, 3.63) is 105 Å². The lowest BCUT2D eigenvalue weighted by atomic mass is 9.98. The number of carbonyl (C=O) groups is 2. The highest BCUT2D eigenvalue weighted by molar-refractivity contribution is 7.11. The molecule has 2 N–H and O–H groups in total. The van der Waals surface area contributed by atoms with Crippen molar-refractivity contribution in [3.63, 3.8) is 0 Å². The first-order chi connectivity index (χ1) is 21.8. The fraction of sp³-hybridized carbons (Fsp3) is 0.306. The first-order valence-electron chi connectivity index (χ1n) is 15.3. The number of aromatic carboxylic acids is 1. The Morgan fingerprint density at radius 2 is 1.87 bits per heavy atom. The van der Waals surface area contributed by atoms with Gasteiger partial charge in [-0.3, -0.25) is 9.36 Å². The summed E-state index contributed by atoms with van der Waals surface area (Å²) in [4.78, 5) is 30.7. The van der Waals surface area contributed by atoms with Crippen LogP contribution in [0.25, 0.3) is 21.9 Å². The summed E-state index contributed by atoms with van der Waals surface area (Å²) in [5.41, 5.74) is 2.99. The molecule has 3 aromatic carbocycles. The second kappa shape index (κ2) is 14.5. The Morgan fingerprint density at radius 1 is 1.09 bits per heavy atom. The number of nitrogens with zero attached hydrogens (tertiary/aromatic N) is 2. The quantitative estimate of drug-likeness (QED) is 0.131. The molecule has 45 heavy (non-hydrogen) atoms. The Bertz CT molecular complexity index is 1810. The van der Waals surface area contributed by atoms with Gasteiger partial charge in [0, 0.05) is 16.9 Å². The summed E-state index contributed by atoms with van der Waals surface area (Å²) >= 11 is 1.78. The molecule has 0 radical (unpaired) electrons. The maximum atomic E-state index is 15.5. The van der Waals surface area contributed by atoms with E-state index >= 15 is 4.39 Å². The molecule has 0 saturated carbocycles. The van der Waals surface area contributed by atoms with E-state index in [1.807, 2.05) is 18.4 Å². The molecule has 0 fully saturated rings. The summed E-state index contributed by atoms with van der Waals surface area (Å²) in [6, 6.07) is 20.1. The van der Waals surface area contributed by atoms with Crippen LogP contribution in [0.4, 0.5) is 4.39 Å². The van der Waals surface area contributed by atoms with E-state index in [1.54, 1.807) is 41.7 Å². The van der Waals surface area contributed by atoms with Gasteiger partial charge in [-0.05, 0) is 71.5 Å². The van der Waals surface area contributed by atoms with E-state index in [0.29, 0.717) is 48.1 Å². The summed E-state index contributed by atoms with van der Waals surface area (Å²) < 4.78 is 23.2. The number of imidazole rings is 1. The monoisotopic (exact) mass is 627 g/mol. The topological polar surface area (TPSA) is 93.5 Å². The van der Waals surface area contributed by atoms with E-state index in [9.17, 15) is 14.7 Å². The van der Waals surface area contributed by atoms with Crippen LogP contribution in [-0.2, 0) is 30.7 Å². The molecule has 1 atom stereocenters. The van der Waals surface area contributed by atoms with Gasteiger partial charge in [-0.1, -0.05) is 68.4 Å². The average Bonchev–Trinajstić information content (AvgIpc) is 3.60. The standard InChI is InChI=1S/C36H38FN3O4S/c1-4-31-32(20-38-34(41)17-14-23(3)18-33-28-12-7-6-10-26(28)22-45-33)40(36(39-31)44-5-2)21-25-16-15-24(19-30(25)37)27-11-8-9-13-29(27)35(42)43/h6-13,15-16,19,22-23H,4-5,14,17-18,20-21H2,1-3H3,(H,38,41)(H,42,43). The number of halogens is 1. The Morgan fingerprint density at radius 3 is 2.62 bits per heavy atom. The van der Waals surface area contributed by atoms with Gasteiger partial charge in [-0.15, -0.1) is 11.3 Å². The number of fused-ring (bicyclic) bond motifs is 1. The molecule has 2 aromatic heterocycles. The van der Waals surface area contributed by atoms with E-state index < -0.39 is 11.8 Å². The lowest BCUT2D eigenvalue weighted by Gasteiger charge is -2.15. The van der Waals surface area contributed by atoms with Crippen LogP contribution < -0.4 is 10.1 Å². The highest BCUT2D eigenvalue weighted by Gasteiger charge is 2.21. The maximum absolute atomic E-state index is 15.5. The number of carboxylic acids is 1. The molecule has 0 spiro atoms. The molecule has 234 valence electrons. The number of nitrogens with one attached hydrogen (secondary N) is 1. The molecule has 0 saturated heterocycles. The van der Waals surface area contributed by atoms with E-state index in [2.05, 4.69) is 46.9 Å². The van der Waals surface area contributed by atoms with Crippen LogP contribution in [-0.4, -0.2) is 33.1 Å². The number of aryl methyl sites for hydroxylation is 1. The fourth-order valence-electron chi connectivity index (χ4n) is 5.61. The van der Waals surface area contributed by atoms with E-state index in [4.69, 9.17) is 4.74 Å². The molecular weight excluding hydrogens is 589 g/mol. The molecule has 5 rings (SSSR count). The lowest BCUT2D eigenvalue weighted by Crippen LogP contribution is -2.25. The Labute approximate surface area is 266 Å². The first kappa shape index (κ1) is 31.9. The third-order valence-corrected chi connectivity index (χ3v) is 9.06. The molecule has 5 aromatic rings. The summed E-state index contributed by atoms with van der Waals surface area (Å²) in [7, 11) is 0. The number of hydrogen-bond acceptors (Lipinski definition) is 5. The Hall–Kier alpha value is -4.50. The lowest BCUT2D eigenvalue weighted by molar-refractivity contribution is -0.121. The van der Waals surface area contributed by atoms with Crippen LogP contribution in [0.5, 0.6) is 6.01 Å². The van der Waals surface area contributed by atoms with Crippen molar-refractivity contribution in [1.29, 1.82) is 0 Å². The molecule has 1 amide bonds. The predicted octanol–water partition coefficient (Wildman–Crippen LogP) is 7.89. The molecule has 0 aliphatic rings. The van der Waals surface area contributed by atoms with E-state index in [1.165, 1.54) is 27.8 Å². The van der Waals surface area contributed by atoms with Gasteiger partial charge in [0.1, 0.15) is 5.82 Å². The molecule has 0 aliphatic heterocycles. The number of carbonyl (C=O) groups excluding carboxylic acids is 1. The number of aromatic nitrogens is 2. The molecule has 1 unspecified atom stereocenters. The first-order valence-corrected chi connectivity index (χ1v) is 16.2. The summed E-state index contributed by atoms with van der Waals surface area (Å²) in [6.07, 6.45) is 2.73. The molecule has 0 aliphatic carbocycles. The normalized spacial score (nSPS) is 11.9. The van der Waals surface area contributed by atoms with Crippen molar-refractivity contribution in [2.24, 2.45) is 5.92 Å². The van der Waals surface area contributed by atoms with Gasteiger partial charge >= 0.3 is 5.97 Å². The maximum Gasteiger partial charge on any atom is 0.336 e. The van der Waals surface area contributed by atoms with Crippen LogP contribution in [0.15, 0.2) is 72.1 Å². The van der Waals surface area contributed by atoms with Crippen molar-refractivity contribution in [1.82, 2.24) is 14.9 Å². The van der Waals surface area contributed by atoms with Gasteiger partial charge in [0.25, 0.3) is 6.01 Å². The zero-order chi connectivity index (χ0) is 31.9. The van der Waals surface area contributed by atoms with Gasteiger partial charge in [-0.2, -0.15) is 4.98 Å². The van der Waals surface area contributed by atoms with E-state index in [-0.39, 0.29) is 24.6 Å². The molecule has 7 nitrogen and oxygen atoms in total. The minimum atomic E-state index is -1.07. The number of hydrogen-bond donors (Lipinski definition) is 2. The average molecular weight is 628 g/mol. The second-order valence-electron chi connectivity index (χ2n) is 11.2. The predicted molar refractivity (Wildman–Crippen MR) is 176 cm³/mol. The third-order valence-electron chi connectivity index (χ3n) is 8.02. The highest BCUT2D eigenvalue weighted by atomic mass is 32.1. The van der Waals surface area contributed by atoms with Crippen LogP contribution in [0.1, 0.15) is 65.8 Å². The number of carboxylic acid groups (broad SMARTS) is 1. The summed E-state index contributed by atoms with van der Waals surface area (Å²) in [6.45, 7) is 6.81. The van der Waals surface area contributed by atoms with Crippen molar-refractivity contribution in [2.75, 3.05) is 6.61 Å². The molecule has 0 bridgehead atoms. The number of benzene rings is 3. The van der Waals surface area contributed by atoms with E-state index in [0.717, 1.165) is 24.2 Å². The Kier molecular flexibility index (Phi) is 10.3. The number of amides is 1. The van der Waals surface area contributed by atoms with Crippen molar-refractivity contribution in [3.8, 4) is 17.1 Å². The van der Waals surface area contributed by atoms with Crippen LogP contribution >= 0.6 is 11.3 Å². The molecule has 2 heterocycles. The Balaban J connectivity index is 1.28. The smallest absolute Gasteiger partial charge is 0.336 e. The zero-order valence-electron chi connectivity index (χ0n) is 25.8. The van der Waals surface area contributed by atoms with Crippen molar-refractivity contribution < 1.29 is 23.8 Å². The van der Waals surface area contributed by atoms with Crippen LogP contribution in [0.2, 0.25) is 0 Å². The number of thiophene rings is 1. The van der Waals surface area contributed by atoms with Gasteiger partial charge in [0.15, 0.2) is 0 Å². The zero-order valence-corrected chi connectivity index (χ0v) is 26.6. The van der Waals surface area contributed by atoms with Gasteiger partial charge in [0.05, 0.1) is 36.6 Å². The van der Waals surface area contributed by atoms with Gasteiger partial charge < -0.3 is 15.2 Å². The third kappa shape index (κ3) is 7.42. The minimum absolute atomic E-state index is 0.0433. The van der Waals surface area contributed by atoms with Crippen molar-refractivity contribution >= 4 is 34.0 Å². The fourth-order valence-corrected chi connectivity index (χ4v) is 6.77. The highest BCUT2D eigenvalue weighted by Crippen LogP contribution is 2.30. The largest absolute Gasteiger partial charge is 0.478 e.